The van der Waals surface area contributed by atoms with E-state index in [1.54, 1.807) is 37.2 Å². The summed E-state index contributed by atoms with van der Waals surface area (Å²) < 4.78 is 31.0. The van der Waals surface area contributed by atoms with Gasteiger partial charge in [-0.25, -0.2) is 28.8 Å². The fourth-order valence-electron chi connectivity index (χ4n) is 17.9. The minimum atomic E-state index is -0.346. The molecule has 18 nitrogen and oxygen atoms in total. The lowest BCUT2D eigenvalue weighted by atomic mass is 9.76. The van der Waals surface area contributed by atoms with Crippen molar-refractivity contribution in [3.05, 3.63) is 135 Å². The summed E-state index contributed by atoms with van der Waals surface area (Å²) in [6.45, 7) is 31.0. The Morgan fingerprint density at radius 3 is 0.806 bits per heavy atom. The van der Waals surface area contributed by atoms with Gasteiger partial charge in [-0.15, -0.1) is 0 Å². The summed E-state index contributed by atoms with van der Waals surface area (Å²) in [6, 6.07) is 0. The van der Waals surface area contributed by atoms with Gasteiger partial charge in [-0.3, -0.25) is 29.9 Å². The maximum atomic E-state index is 11.3. The molecule has 6 aromatic rings. The molecule has 0 amide bonds. The van der Waals surface area contributed by atoms with Crippen LogP contribution in [0.3, 0.4) is 0 Å². The molecule has 6 N–H and O–H groups in total. The lowest BCUT2D eigenvalue weighted by Gasteiger charge is -2.29. The fourth-order valence-corrected chi connectivity index (χ4v) is 17.9. The number of nitrogens with one attached hydrogen (secondary N) is 6. The van der Waals surface area contributed by atoms with Crippen LogP contribution in [0.5, 0.6) is 0 Å². The highest BCUT2D eigenvalue weighted by Crippen LogP contribution is 2.38. The molecule has 18 heteroatoms. The highest BCUT2D eigenvalue weighted by atomic mass is 16.4. The smallest absolute Gasteiger partial charge is 0.413 e. The van der Waals surface area contributed by atoms with E-state index in [9.17, 15) is 28.8 Å². The molecule has 0 aliphatic rings. The average molecular weight is 1810 g/mol. The number of aromatic amines is 6. The summed E-state index contributed by atoms with van der Waals surface area (Å²) in [5.74, 6) is 3.62. The fraction of sp³-hybridized carbons (Fsp3) is 0.838. The predicted octanol–water partition coefficient (Wildman–Crippen LogP) is 35.0. The summed E-state index contributed by atoms with van der Waals surface area (Å²) in [5, 5.41) is 0. The lowest BCUT2D eigenvalue weighted by molar-refractivity contribution is 0.276. The number of hydrogen-bond donors (Lipinski definition) is 6. The summed E-state index contributed by atoms with van der Waals surface area (Å²) in [4.78, 5) is 81.9. The normalized spacial score (nSPS) is 12.4. The third-order valence-corrected chi connectivity index (χ3v) is 27.5. The van der Waals surface area contributed by atoms with E-state index in [1.807, 2.05) is 0 Å². The zero-order chi connectivity index (χ0) is 94.6. The molecule has 3 unspecified atom stereocenters. The van der Waals surface area contributed by atoms with Crippen molar-refractivity contribution in [3.63, 3.8) is 0 Å². The van der Waals surface area contributed by atoms with Crippen LogP contribution in [0.4, 0.5) is 0 Å². The number of hydrogen-bond acceptors (Lipinski definition) is 12. The first-order valence-corrected chi connectivity index (χ1v) is 54.8. The van der Waals surface area contributed by atoms with E-state index in [0.717, 1.165) is 105 Å². The van der Waals surface area contributed by atoms with E-state index in [2.05, 4.69) is 127 Å². The second-order valence-corrected chi connectivity index (χ2v) is 39.3. The van der Waals surface area contributed by atoms with Crippen LogP contribution in [-0.4, -0.2) is 29.9 Å². The monoisotopic (exact) mass is 1810 g/mol. The first kappa shape index (κ1) is 121. The van der Waals surface area contributed by atoms with Crippen LogP contribution in [0.1, 0.15) is 612 Å². The minimum Gasteiger partial charge on any atom is -0.413 e. The number of H-pyrrole nitrogens is 6. The Kier molecular flexibility index (Phi) is 78.7. The number of unbranched alkanes of at least 4 members (excludes halogenated alkanes) is 58. The topological polar surface area (TPSA) is 276 Å². The predicted molar refractivity (Wildman–Crippen MR) is 547 cm³/mol. The summed E-state index contributed by atoms with van der Waals surface area (Å²) >= 11 is 0. The zero-order valence-corrected chi connectivity index (χ0v) is 86.3. The Labute approximate surface area is 787 Å². The average Bonchev–Trinajstić information content (AvgIpc) is 1.71. The SMILES string of the molecule is CCCCCCCCCCCCC(C)(C)c1c[nH]c(=O)o1.CCCCCCCCCCCCC(C)c1c[nH]c(=O)o1.CCCCCCCCCCCCCC(C)(CC)c1c[nH]c(=O)o1.CCCCCCCCCCCCCC(CC)(CC)c1c[nH]c(=O)o1.CCCCCCCCCCCCCC(CC)c1c[nH]c(=O)o1.CCCCCCCCCCCCCc1c[nH]c(=O)o1. The van der Waals surface area contributed by atoms with Gasteiger partial charge in [0.2, 0.25) is 0 Å². The van der Waals surface area contributed by atoms with Crippen LogP contribution in [0.15, 0.2) is 92.5 Å². The molecule has 3 atom stereocenters. The van der Waals surface area contributed by atoms with Crippen LogP contribution >= 0.6 is 0 Å². The van der Waals surface area contributed by atoms with Gasteiger partial charge in [0.05, 0.1) is 0 Å². The zero-order valence-electron chi connectivity index (χ0n) is 86.3. The molecule has 0 aliphatic carbocycles. The molecule has 0 saturated heterocycles. The number of rotatable bonds is 79. The van der Waals surface area contributed by atoms with E-state index in [1.165, 1.54) is 405 Å². The maximum Gasteiger partial charge on any atom is 0.416 e. The molecule has 0 bridgehead atoms. The van der Waals surface area contributed by atoms with E-state index in [0.29, 0.717) is 11.8 Å². The van der Waals surface area contributed by atoms with Crippen molar-refractivity contribution in [3.8, 4) is 0 Å². The highest BCUT2D eigenvalue weighted by Gasteiger charge is 2.32. The summed E-state index contributed by atoms with van der Waals surface area (Å²) in [5.41, 5.74) is -0.00378. The molecule has 0 radical (unpaired) electrons. The largest absolute Gasteiger partial charge is 0.416 e. The molecule has 0 fully saturated rings. The van der Waals surface area contributed by atoms with E-state index in [-0.39, 0.29) is 50.8 Å². The molecule has 129 heavy (non-hydrogen) atoms. The van der Waals surface area contributed by atoms with Gasteiger partial charge in [-0.2, -0.15) is 0 Å². The molecule has 750 valence electrons. The van der Waals surface area contributed by atoms with Crippen LogP contribution in [0, 0.1) is 0 Å². The minimum absolute atomic E-state index is 0.00155. The van der Waals surface area contributed by atoms with Crippen molar-refractivity contribution in [2.24, 2.45) is 0 Å². The van der Waals surface area contributed by atoms with Crippen LogP contribution in [0.25, 0.3) is 0 Å². The molecular weight excluding hydrogens is 1610 g/mol. The van der Waals surface area contributed by atoms with Gasteiger partial charge in [0.1, 0.15) is 34.6 Å². The van der Waals surface area contributed by atoms with E-state index < -0.39 is 0 Å². The molecule has 6 aromatic heterocycles. The number of oxazole rings is 6. The Hall–Kier alpha value is -5.94. The van der Waals surface area contributed by atoms with Crippen LogP contribution < -0.4 is 34.5 Å². The molecule has 0 spiro atoms. The Morgan fingerprint density at radius 1 is 0.248 bits per heavy atom. The van der Waals surface area contributed by atoms with Crippen molar-refractivity contribution in [2.45, 2.75) is 600 Å². The molecule has 0 aliphatic heterocycles. The van der Waals surface area contributed by atoms with E-state index >= 15 is 0 Å². The van der Waals surface area contributed by atoms with E-state index in [4.69, 9.17) is 26.5 Å². The Morgan fingerprint density at radius 2 is 0.512 bits per heavy atom. The van der Waals surface area contributed by atoms with Crippen molar-refractivity contribution in [2.75, 3.05) is 0 Å². The van der Waals surface area contributed by atoms with Gasteiger partial charge in [0.25, 0.3) is 0 Å². The van der Waals surface area contributed by atoms with Crippen LogP contribution in [-0.2, 0) is 22.7 Å². The van der Waals surface area contributed by atoms with Crippen molar-refractivity contribution < 1.29 is 26.5 Å². The first-order valence-electron chi connectivity index (χ1n) is 54.8. The maximum absolute atomic E-state index is 11.3. The standard InChI is InChI=1S/C21H39NO2.C20H37NO2.C19H35NO2.C18H33NO2.C17H31NO2.C16H29NO2/c1-4-7-8-9-10-11-12-13-14-15-16-17-21(5-2,6-3)19-18-22-20(23)24-19;1-4-6-7-8-9-10-11-12-13-14-15-16-20(3,5-2)18-17-21-19(22)23-18;1-3-5-6-7-8-9-10-11-12-13-14-15-17(4-2)18-16-20-19(21)22-18;1-4-5-6-7-8-9-10-11-12-13-14-18(2,3)16-15-19-17(20)21-16;1-3-4-5-6-7-8-9-10-11-12-13-15(2)16-14-18-17(19)20-16;1-2-3-4-5-6-7-8-9-10-11-12-13-15-14-17-16(18)19-15/h18H,4-17H2,1-3H3,(H,22,23);17H,4-16H2,1-3H3,(H,21,22);16-17H,3-15H2,1-2H3,(H,20,21);15H,4-14H2,1-3H3,(H,19,20);14-15H,3-13H2,1-2H3,(H,18,19);14H,2-13H2,1H3,(H,17,18). The van der Waals surface area contributed by atoms with Gasteiger partial charge in [-0.1, -0.05) is 501 Å². The Bertz CT molecular complexity index is 3690. The third kappa shape index (κ3) is 65.4. The molecule has 6 heterocycles. The van der Waals surface area contributed by atoms with Gasteiger partial charge in [-0.05, 0) is 64.2 Å². The summed E-state index contributed by atoms with van der Waals surface area (Å²) in [7, 11) is 0. The summed E-state index contributed by atoms with van der Waals surface area (Å²) in [6.07, 6.45) is 108. The third-order valence-electron chi connectivity index (χ3n) is 27.5. The van der Waals surface area contributed by atoms with Crippen molar-refractivity contribution in [1.82, 2.24) is 29.9 Å². The Balaban J connectivity index is 0.000000775. The van der Waals surface area contributed by atoms with Crippen molar-refractivity contribution >= 4 is 0 Å². The lowest BCUT2D eigenvalue weighted by Crippen LogP contribution is -2.24. The quantitative estimate of drug-likeness (QED) is 0.0195. The molecule has 6 rings (SSSR count). The molecular formula is C111H204N6O12. The molecule has 0 saturated carbocycles. The second kappa shape index (κ2) is 83.9. The number of aromatic nitrogens is 6. The highest BCUT2D eigenvalue weighted by molar-refractivity contribution is 5.10. The van der Waals surface area contributed by atoms with Gasteiger partial charge < -0.3 is 26.5 Å². The van der Waals surface area contributed by atoms with Crippen molar-refractivity contribution in [1.29, 1.82) is 0 Å². The molecule has 0 aromatic carbocycles. The van der Waals surface area contributed by atoms with Gasteiger partial charge in [0, 0.05) is 71.7 Å². The van der Waals surface area contributed by atoms with Gasteiger partial charge >= 0.3 is 34.5 Å². The number of aryl methyl sites for hydroxylation is 1. The second-order valence-electron chi connectivity index (χ2n) is 39.3. The van der Waals surface area contributed by atoms with Gasteiger partial charge in [0.15, 0.2) is 0 Å². The van der Waals surface area contributed by atoms with Crippen LogP contribution in [0.2, 0.25) is 0 Å². The first-order chi connectivity index (χ1) is 62.7.